The summed E-state index contributed by atoms with van der Waals surface area (Å²) in [5, 5.41) is 2.53. The number of nitrogens with zero attached hydrogens (tertiary/aromatic N) is 1. The molecule has 0 spiro atoms. The Morgan fingerprint density at radius 1 is 1.50 bits per heavy atom. The minimum Gasteiger partial charge on any atom is -0.477 e. The number of ether oxygens (including phenoxy) is 1. The van der Waals surface area contributed by atoms with E-state index in [0.29, 0.717) is 12.3 Å². The number of rotatable bonds is 3. The van der Waals surface area contributed by atoms with Gasteiger partial charge < -0.3 is 20.7 Å². The zero-order chi connectivity index (χ0) is 13.1. The SMILES string of the molecule is CNC(=O)[C@@H]1CN(CC(N)=O)c2ccccc2O1. The van der Waals surface area contributed by atoms with Gasteiger partial charge in [-0.25, -0.2) is 0 Å². The lowest BCUT2D eigenvalue weighted by Crippen LogP contribution is -2.50. The zero-order valence-corrected chi connectivity index (χ0v) is 10.1. The number of hydrogen-bond acceptors (Lipinski definition) is 4. The van der Waals surface area contributed by atoms with Crippen LogP contribution in [-0.2, 0) is 9.59 Å². The van der Waals surface area contributed by atoms with Gasteiger partial charge in [0.2, 0.25) is 5.91 Å². The summed E-state index contributed by atoms with van der Waals surface area (Å²) < 4.78 is 5.59. The summed E-state index contributed by atoms with van der Waals surface area (Å²) >= 11 is 0. The Balaban J connectivity index is 2.29. The van der Waals surface area contributed by atoms with Gasteiger partial charge in [0.15, 0.2) is 6.10 Å². The van der Waals surface area contributed by atoms with Gasteiger partial charge in [0.05, 0.1) is 18.8 Å². The van der Waals surface area contributed by atoms with Gasteiger partial charge in [-0.05, 0) is 12.1 Å². The average Bonchev–Trinajstić information content (AvgIpc) is 2.37. The van der Waals surface area contributed by atoms with Crippen molar-refractivity contribution in [3.05, 3.63) is 24.3 Å². The van der Waals surface area contributed by atoms with E-state index in [-0.39, 0.29) is 12.5 Å². The number of nitrogens with two attached hydrogens (primary N) is 1. The maximum atomic E-state index is 11.6. The van der Waals surface area contributed by atoms with E-state index in [1.807, 2.05) is 18.2 Å². The fourth-order valence-electron chi connectivity index (χ4n) is 1.94. The molecule has 1 heterocycles. The molecule has 96 valence electrons. The van der Waals surface area contributed by atoms with E-state index in [2.05, 4.69) is 5.32 Å². The topological polar surface area (TPSA) is 84.7 Å². The second kappa shape index (κ2) is 4.95. The van der Waals surface area contributed by atoms with Crippen LogP contribution >= 0.6 is 0 Å². The monoisotopic (exact) mass is 249 g/mol. The predicted octanol–water partition coefficient (Wildman–Crippen LogP) is -0.515. The Hall–Kier alpha value is -2.24. The third-order valence-electron chi connectivity index (χ3n) is 2.75. The summed E-state index contributed by atoms with van der Waals surface area (Å²) in [6, 6.07) is 7.25. The normalized spacial score (nSPS) is 17.6. The lowest BCUT2D eigenvalue weighted by Gasteiger charge is -2.34. The predicted molar refractivity (Wildman–Crippen MR) is 66.3 cm³/mol. The van der Waals surface area contributed by atoms with Crippen LogP contribution in [0.15, 0.2) is 24.3 Å². The molecule has 6 nitrogen and oxygen atoms in total. The Bertz CT molecular complexity index is 475. The molecule has 3 N–H and O–H groups in total. The van der Waals surface area contributed by atoms with Gasteiger partial charge in [0, 0.05) is 7.05 Å². The first-order valence-electron chi connectivity index (χ1n) is 5.62. The molecule has 0 unspecified atom stereocenters. The average molecular weight is 249 g/mol. The third kappa shape index (κ3) is 2.37. The van der Waals surface area contributed by atoms with E-state index in [0.717, 1.165) is 5.69 Å². The standard InChI is InChI=1S/C12H15N3O3/c1-14-12(17)10-6-15(7-11(13)16)8-4-2-3-5-9(8)18-10/h2-5,10H,6-7H2,1H3,(H2,13,16)(H,14,17)/t10-/m0/s1. The highest BCUT2D eigenvalue weighted by Crippen LogP contribution is 2.32. The molecule has 6 heteroatoms. The van der Waals surface area contributed by atoms with Crippen LogP contribution in [0.1, 0.15) is 0 Å². The Morgan fingerprint density at radius 2 is 2.22 bits per heavy atom. The van der Waals surface area contributed by atoms with Gasteiger partial charge >= 0.3 is 0 Å². The van der Waals surface area contributed by atoms with Crippen LogP contribution in [0.4, 0.5) is 5.69 Å². The molecular formula is C12H15N3O3. The lowest BCUT2D eigenvalue weighted by atomic mass is 10.1. The van der Waals surface area contributed by atoms with Crippen molar-refractivity contribution in [2.45, 2.75) is 6.10 Å². The smallest absolute Gasteiger partial charge is 0.262 e. The fraction of sp³-hybridized carbons (Fsp3) is 0.333. The summed E-state index contributed by atoms with van der Waals surface area (Å²) in [6.45, 7) is 0.369. The van der Waals surface area contributed by atoms with E-state index in [1.54, 1.807) is 18.0 Å². The lowest BCUT2D eigenvalue weighted by molar-refractivity contribution is -0.127. The van der Waals surface area contributed by atoms with Gasteiger partial charge in [0.25, 0.3) is 5.91 Å². The third-order valence-corrected chi connectivity index (χ3v) is 2.75. The van der Waals surface area contributed by atoms with Crippen LogP contribution in [0.3, 0.4) is 0 Å². The zero-order valence-electron chi connectivity index (χ0n) is 10.1. The number of amides is 2. The molecular weight excluding hydrogens is 234 g/mol. The first-order chi connectivity index (χ1) is 8.61. The van der Waals surface area contributed by atoms with Crippen molar-refractivity contribution in [2.24, 2.45) is 5.73 Å². The van der Waals surface area contributed by atoms with E-state index in [9.17, 15) is 9.59 Å². The Morgan fingerprint density at radius 3 is 2.89 bits per heavy atom. The van der Waals surface area contributed by atoms with Crippen molar-refractivity contribution in [1.82, 2.24) is 5.32 Å². The molecule has 1 aliphatic heterocycles. The molecule has 1 atom stereocenters. The van der Waals surface area contributed by atoms with Crippen molar-refractivity contribution >= 4 is 17.5 Å². The number of likely N-dealkylation sites (N-methyl/N-ethyl adjacent to an activating group) is 1. The van der Waals surface area contributed by atoms with Crippen molar-refractivity contribution in [3.8, 4) is 5.75 Å². The first kappa shape index (κ1) is 12.2. The van der Waals surface area contributed by atoms with E-state index in [4.69, 9.17) is 10.5 Å². The molecule has 0 bridgehead atoms. The number of benzene rings is 1. The van der Waals surface area contributed by atoms with Crippen LogP contribution in [0.25, 0.3) is 0 Å². The number of hydrogen-bond donors (Lipinski definition) is 2. The quantitative estimate of drug-likeness (QED) is 0.755. The molecule has 0 aliphatic carbocycles. The summed E-state index contributed by atoms with van der Waals surface area (Å²) in [6.07, 6.45) is -0.635. The maximum Gasteiger partial charge on any atom is 0.262 e. The van der Waals surface area contributed by atoms with Crippen LogP contribution in [0, 0.1) is 0 Å². The van der Waals surface area contributed by atoms with Gasteiger partial charge in [0.1, 0.15) is 5.75 Å². The van der Waals surface area contributed by atoms with E-state index in [1.165, 1.54) is 0 Å². The van der Waals surface area contributed by atoms with Crippen molar-refractivity contribution in [2.75, 3.05) is 25.0 Å². The highest BCUT2D eigenvalue weighted by Gasteiger charge is 2.30. The Kier molecular flexibility index (Phi) is 3.36. The highest BCUT2D eigenvalue weighted by atomic mass is 16.5. The molecule has 0 radical (unpaired) electrons. The number of anilines is 1. The summed E-state index contributed by atoms with van der Waals surface area (Å²) in [5.74, 6) is -0.0834. The number of carbonyl (C=O) groups is 2. The largest absolute Gasteiger partial charge is 0.477 e. The number of primary amides is 1. The molecule has 1 aliphatic rings. The molecule has 0 fully saturated rings. The van der Waals surface area contributed by atoms with Crippen LogP contribution < -0.4 is 20.7 Å². The summed E-state index contributed by atoms with van der Waals surface area (Å²) in [7, 11) is 1.55. The summed E-state index contributed by atoms with van der Waals surface area (Å²) in [5.41, 5.74) is 5.99. The van der Waals surface area contributed by atoms with Crippen molar-refractivity contribution in [3.63, 3.8) is 0 Å². The molecule has 2 rings (SSSR count). The highest BCUT2D eigenvalue weighted by molar-refractivity contribution is 5.85. The molecule has 1 aromatic carbocycles. The second-order valence-electron chi connectivity index (χ2n) is 4.04. The van der Waals surface area contributed by atoms with Crippen molar-refractivity contribution in [1.29, 1.82) is 0 Å². The molecule has 1 aromatic rings. The minimum atomic E-state index is -0.635. The van der Waals surface area contributed by atoms with E-state index >= 15 is 0 Å². The number of nitrogens with one attached hydrogen (secondary N) is 1. The van der Waals surface area contributed by atoms with Gasteiger partial charge in [-0.3, -0.25) is 9.59 Å². The van der Waals surface area contributed by atoms with Gasteiger partial charge in [-0.1, -0.05) is 12.1 Å². The van der Waals surface area contributed by atoms with Gasteiger partial charge in [-0.15, -0.1) is 0 Å². The minimum absolute atomic E-state index is 0.0634. The summed E-state index contributed by atoms with van der Waals surface area (Å²) in [4.78, 5) is 24.4. The van der Waals surface area contributed by atoms with Gasteiger partial charge in [-0.2, -0.15) is 0 Å². The second-order valence-corrected chi connectivity index (χ2v) is 4.04. The van der Waals surface area contributed by atoms with Crippen molar-refractivity contribution < 1.29 is 14.3 Å². The molecule has 18 heavy (non-hydrogen) atoms. The molecule has 0 saturated heterocycles. The van der Waals surface area contributed by atoms with E-state index < -0.39 is 12.0 Å². The van der Waals surface area contributed by atoms with Crippen LogP contribution in [-0.4, -0.2) is 38.1 Å². The van der Waals surface area contributed by atoms with Crippen LogP contribution in [0.5, 0.6) is 5.75 Å². The fourth-order valence-corrected chi connectivity index (χ4v) is 1.94. The molecule has 0 saturated carbocycles. The maximum absolute atomic E-state index is 11.6. The number of para-hydroxylation sites is 2. The number of carbonyl (C=O) groups excluding carboxylic acids is 2. The molecule has 2 amide bonds. The molecule has 0 aromatic heterocycles. The number of fused-ring (bicyclic) bond motifs is 1. The first-order valence-corrected chi connectivity index (χ1v) is 5.62. The Labute approximate surface area is 105 Å². The van der Waals surface area contributed by atoms with Crippen LogP contribution in [0.2, 0.25) is 0 Å².